The van der Waals surface area contributed by atoms with Crippen molar-refractivity contribution in [2.75, 3.05) is 29.9 Å². The van der Waals surface area contributed by atoms with E-state index in [1.165, 1.54) is 0 Å². The van der Waals surface area contributed by atoms with Crippen LogP contribution in [0, 0.1) is 6.92 Å². The molecule has 1 aromatic carbocycles. The molecular formula is C16H24N2O3S. The highest BCUT2D eigenvalue weighted by molar-refractivity contribution is 7.91. The van der Waals surface area contributed by atoms with E-state index in [2.05, 4.69) is 10.2 Å². The molecular weight excluding hydrogens is 300 g/mol. The molecule has 0 aromatic heterocycles. The first-order valence-corrected chi connectivity index (χ1v) is 9.53. The Hall–Kier alpha value is -1.40. The highest BCUT2D eigenvalue weighted by atomic mass is 32.2. The van der Waals surface area contributed by atoms with Gasteiger partial charge in [-0.1, -0.05) is 19.1 Å². The predicted molar refractivity (Wildman–Crippen MR) is 88.7 cm³/mol. The number of sulfone groups is 1. The summed E-state index contributed by atoms with van der Waals surface area (Å²) in [6.45, 7) is 5.34. The van der Waals surface area contributed by atoms with Gasteiger partial charge in [-0.15, -0.1) is 0 Å². The van der Waals surface area contributed by atoms with Gasteiger partial charge in [-0.05, 0) is 37.6 Å². The molecule has 5 nitrogen and oxygen atoms in total. The van der Waals surface area contributed by atoms with Crippen molar-refractivity contribution >= 4 is 21.4 Å². The SMILES string of the molecule is CCN(CCC(=O)Nc1cccc(C)c1)C1CCS(=O)(=O)C1. The van der Waals surface area contributed by atoms with Crippen LogP contribution in [0.5, 0.6) is 0 Å². The number of aryl methyl sites for hydroxylation is 1. The molecule has 0 bridgehead atoms. The van der Waals surface area contributed by atoms with Gasteiger partial charge in [0.2, 0.25) is 5.91 Å². The van der Waals surface area contributed by atoms with Crippen LogP contribution < -0.4 is 5.32 Å². The molecule has 1 aromatic rings. The molecule has 1 aliphatic rings. The lowest BCUT2D eigenvalue weighted by Gasteiger charge is -2.26. The Bertz CT molecular complexity index is 628. The second kappa shape index (κ2) is 7.24. The lowest BCUT2D eigenvalue weighted by Crippen LogP contribution is -2.38. The van der Waals surface area contributed by atoms with E-state index in [4.69, 9.17) is 0 Å². The summed E-state index contributed by atoms with van der Waals surface area (Å²) in [7, 11) is -2.88. The Morgan fingerprint density at radius 2 is 2.18 bits per heavy atom. The Labute approximate surface area is 132 Å². The molecule has 0 saturated carbocycles. The number of carbonyl (C=O) groups excluding carboxylic acids is 1. The number of carbonyl (C=O) groups is 1. The minimum absolute atomic E-state index is 0.0371. The predicted octanol–water partition coefficient (Wildman–Crippen LogP) is 1.83. The first kappa shape index (κ1) is 17.0. The van der Waals surface area contributed by atoms with Crippen LogP contribution in [-0.4, -0.2) is 49.9 Å². The third-order valence-electron chi connectivity index (χ3n) is 4.06. The van der Waals surface area contributed by atoms with Gasteiger partial charge >= 0.3 is 0 Å². The molecule has 1 unspecified atom stereocenters. The summed E-state index contributed by atoms with van der Waals surface area (Å²) in [6, 6.07) is 7.74. The van der Waals surface area contributed by atoms with Gasteiger partial charge in [0.25, 0.3) is 0 Å². The van der Waals surface area contributed by atoms with Crippen molar-refractivity contribution in [2.45, 2.75) is 32.7 Å². The highest BCUT2D eigenvalue weighted by Gasteiger charge is 2.31. The van der Waals surface area contributed by atoms with E-state index >= 15 is 0 Å². The molecule has 0 aliphatic carbocycles. The van der Waals surface area contributed by atoms with Crippen molar-refractivity contribution in [1.82, 2.24) is 4.90 Å². The van der Waals surface area contributed by atoms with Gasteiger partial charge in [-0.3, -0.25) is 9.69 Å². The molecule has 22 heavy (non-hydrogen) atoms. The summed E-state index contributed by atoms with van der Waals surface area (Å²) in [4.78, 5) is 14.1. The Balaban J connectivity index is 1.84. The summed E-state index contributed by atoms with van der Waals surface area (Å²) in [5.41, 5.74) is 1.90. The fraction of sp³-hybridized carbons (Fsp3) is 0.562. The van der Waals surface area contributed by atoms with Gasteiger partial charge in [0, 0.05) is 24.7 Å². The standard InChI is InChI=1S/C16H24N2O3S/c1-3-18(15-8-10-22(20,21)12-15)9-7-16(19)17-14-6-4-5-13(2)11-14/h4-6,11,15H,3,7-10,12H2,1-2H3,(H,17,19). The van der Waals surface area contributed by atoms with Crippen molar-refractivity contribution in [3.05, 3.63) is 29.8 Å². The van der Waals surface area contributed by atoms with E-state index in [-0.39, 0.29) is 23.5 Å². The summed E-state index contributed by atoms with van der Waals surface area (Å²) >= 11 is 0. The second-order valence-corrected chi connectivity index (χ2v) is 8.08. The maximum absolute atomic E-state index is 12.0. The maximum atomic E-state index is 12.0. The van der Waals surface area contributed by atoms with E-state index in [0.717, 1.165) is 17.8 Å². The third-order valence-corrected chi connectivity index (χ3v) is 5.81. The number of nitrogens with one attached hydrogen (secondary N) is 1. The minimum Gasteiger partial charge on any atom is -0.326 e. The van der Waals surface area contributed by atoms with E-state index in [0.29, 0.717) is 19.4 Å². The number of rotatable bonds is 6. The number of amides is 1. The molecule has 1 aliphatic heterocycles. The topological polar surface area (TPSA) is 66.5 Å². The van der Waals surface area contributed by atoms with Crippen molar-refractivity contribution in [3.63, 3.8) is 0 Å². The summed E-state index contributed by atoms with van der Waals surface area (Å²) in [6.07, 6.45) is 1.05. The number of hydrogen-bond acceptors (Lipinski definition) is 4. The molecule has 1 heterocycles. The lowest BCUT2D eigenvalue weighted by atomic mass is 10.2. The molecule has 2 rings (SSSR count). The van der Waals surface area contributed by atoms with E-state index < -0.39 is 9.84 Å². The van der Waals surface area contributed by atoms with Crippen LogP contribution in [0.15, 0.2) is 24.3 Å². The minimum atomic E-state index is -2.88. The van der Waals surface area contributed by atoms with Crippen LogP contribution in [0.1, 0.15) is 25.3 Å². The van der Waals surface area contributed by atoms with E-state index in [1.807, 2.05) is 38.1 Å². The molecule has 1 saturated heterocycles. The summed E-state index contributed by atoms with van der Waals surface area (Å²) in [5.74, 6) is 0.453. The molecule has 1 amide bonds. The van der Waals surface area contributed by atoms with Crippen molar-refractivity contribution < 1.29 is 13.2 Å². The van der Waals surface area contributed by atoms with E-state index in [9.17, 15) is 13.2 Å². The van der Waals surface area contributed by atoms with Crippen LogP contribution in [0.25, 0.3) is 0 Å². The second-order valence-electron chi connectivity index (χ2n) is 5.85. The van der Waals surface area contributed by atoms with Crippen molar-refractivity contribution in [3.8, 4) is 0 Å². The average molecular weight is 324 g/mol. The van der Waals surface area contributed by atoms with Crippen LogP contribution in [0.4, 0.5) is 5.69 Å². The largest absolute Gasteiger partial charge is 0.326 e. The molecule has 1 fully saturated rings. The van der Waals surface area contributed by atoms with Crippen LogP contribution in [-0.2, 0) is 14.6 Å². The van der Waals surface area contributed by atoms with Gasteiger partial charge in [0.1, 0.15) is 0 Å². The molecule has 1 N–H and O–H groups in total. The van der Waals surface area contributed by atoms with Crippen LogP contribution in [0.2, 0.25) is 0 Å². The van der Waals surface area contributed by atoms with Gasteiger partial charge in [0.05, 0.1) is 11.5 Å². The number of anilines is 1. The molecule has 6 heteroatoms. The quantitative estimate of drug-likeness (QED) is 0.867. The fourth-order valence-electron chi connectivity index (χ4n) is 2.85. The molecule has 0 spiro atoms. The van der Waals surface area contributed by atoms with Crippen LogP contribution >= 0.6 is 0 Å². The van der Waals surface area contributed by atoms with Gasteiger partial charge in [0.15, 0.2) is 9.84 Å². The van der Waals surface area contributed by atoms with Gasteiger partial charge in [-0.2, -0.15) is 0 Å². The molecule has 122 valence electrons. The summed E-state index contributed by atoms with van der Waals surface area (Å²) < 4.78 is 23.1. The van der Waals surface area contributed by atoms with Crippen molar-refractivity contribution in [2.24, 2.45) is 0 Å². The fourth-order valence-corrected chi connectivity index (χ4v) is 4.62. The third kappa shape index (κ3) is 4.81. The lowest BCUT2D eigenvalue weighted by molar-refractivity contribution is -0.116. The van der Waals surface area contributed by atoms with Crippen LogP contribution in [0.3, 0.4) is 0 Å². The normalized spacial score (nSPS) is 20.2. The molecule has 1 atom stereocenters. The average Bonchev–Trinajstić information content (AvgIpc) is 2.80. The zero-order chi connectivity index (χ0) is 16.2. The smallest absolute Gasteiger partial charge is 0.225 e. The Kier molecular flexibility index (Phi) is 5.58. The Morgan fingerprint density at radius 3 is 2.77 bits per heavy atom. The first-order chi connectivity index (χ1) is 10.4. The molecule has 0 radical (unpaired) electrons. The summed E-state index contributed by atoms with van der Waals surface area (Å²) in [5, 5.41) is 2.89. The maximum Gasteiger partial charge on any atom is 0.225 e. The van der Waals surface area contributed by atoms with Gasteiger partial charge in [-0.25, -0.2) is 8.42 Å². The number of benzene rings is 1. The number of hydrogen-bond donors (Lipinski definition) is 1. The monoisotopic (exact) mass is 324 g/mol. The highest BCUT2D eigenvalue weighted by Crippen LogP contribution is 2.18. The van der Waals surface area contributed by atoms with Crippen molar-refractivity contribution in [1.29, 1.82) is 0 Å². The number of nitrogens with zero attached hydrogens (tertiary/aromatic N) is 1. The van der Waals surface area contributed by atoms with Gasteiger partial charge < -0.3 is 5.32 Å². The Morgan fingerprint density at radius 1 is 1.41 bits per heavy atom. The zero-order valence-electron chi connectivity index (χ0n) is 13.2. The first-order valence-electron chi connectivity index (χ1n) is 7.70. The zero-order valence-corrected chi connectivity index (χ0v) is 14.0. The van der Waals surface area contributed by atoms with E-state index in [1.54, 1.807) is 0 Å².